The predicted octanol–water partition coefficient (Wildman–Crippen LogP) is 3.75. The van der Waals surface area contributed by atoms with Crippen molar-refractivity contribution in [1.82, 2.24) is 10.2 Å². The molecule has 2 rings (SSSR count). The molecule has 0 spiro atoms. The Morgan fingerprint density at radius 2 is 1.88 bits per heavy atom. The number of carbonyl (C=O) groups is 1. The molecule has 24 heavy (non-hydrogen) atoms. The number of nitrogens with one attached hydrogen (secondary N) is 1. The Labute approximate surface area is 152 Å². The largest absolute Gasteiger partial charge is 0.491 e. The van der Waals surface area contributed by atoms with E-state index in [0.717, 1.165) is 56.8 Å². The molecule has 1 N–H and O–H groups in total. The molecule has 1 saturated heterocycles. The van der Waals surface area contributed by atoms with Gasteiger partial charge in [-0.3, -0.25) is 4.79 Å². The molecule has 0 aliphatic carbocycles. The zero-order valence-corrected chi connectivity index (χ0v) is 15.9. The van der Waals surface area contributed by atoms with Crippen molar-refractivity contribution in [3.8, 4) is 5.75 Å². The van der Waals surface area contributed by atoms with E-state index in [1.165, 1.54) is 0 Å². The van der Waals surface area contributed by atoms with Gasteiger partial charge in [-0.1, -0.05) is 13.8 Å². The molecule has 1 aliphatic rings. The van der Waals surface area contributed by atoms with Crippen molar-refractivity contribution in [2.45, 2.75) is 46.1 Å². The maximum absolute atomic E-state index is 12.6. The van der Waals surface area contributed by atoms with Gasteiger partial charge in [0.2, 0.25) is 0 Å². The predicted molar refractivity (Wildman–Crippen MR) is 101 cm³/mol. The van der Waals surface area contributed by atoms with Crippen molar-refractivity contribution in [2.75, 3.05) is 26.2 Å². The first-order valence-corrected chi connectivity index (χ1v) is 8.90. The van der Waals surface area contributed by atoms with Crippen molar-refractivity contribution < 1.29 is 9.53 Å². The first kappa shape index (κ1) is 20.8. The number of benzene rings is 1. The van der Waals surface area contributed by atoms with Crippen molar-refractivity contribution >= 4 is 18.3 Å². The van der Waals surface area contributed by atoms with Gasteiger partial charge in [0.25, 0.3) is 5.91 Å². The second kappa shape index (κ2) is 10.6. The number of piperidine rings is 1. The third-order valence-electron chi connectivity index (χ3n) is 4.60. The summed E-state index contributed by atoms with van der Waals surface area (Å²) in [5.74, 6) is 1.67. The van der Waals surface area contributed by atoms with E-state index < -0.39 is 0 Å². The molecule has 0 radical (unpaired) electrons. The Kier molecular flexibility index (Phi) is 9.16. The van der Waals surface area contributed by atoms with E-state index in [2.05, 4.69) is 26.1 Å². The molecule has 1 heterocycles. The molecule has 136 valence electrons. The maximum atomic E-state index is 12.6. The number of rotatable bonds is 7. The summed E-state index contributed by atoms with van der Waals surface area (Å²) in [5.41, 5.74) is 0.756. The fraction of sp³-hybridized carbons (Fsp3) is 0.632. The second-order valence-corrected chi connectivity index (χ2v) is 6.40. The average Bonchev–Trinajstić information content (AvgIpc) is 2.60. The van der Waals surface area contributed by atoms with Gasteiger partial charge in [0.15, 0.2) is 0 Å². The van der Waals surface area contributed by atoms with Crippen LogP contribution in [0, 0.1) is 5.92 Å². The minimum atomic E-state index is 0. The highest BCUT2D eigenvalue weighted by atomic mass is 35.5. The molecule has 0 saturated carbocycles. The monoisotopic (exact) mass is 354 g/mol. The molecule has 1 atom stereocenters. The van der Waals surface area contributed by atoms with E-state index in [0.29, 0.717) is 5.92 Å². The summed E-state index contributed by atoms with van der Waals surface area (Å²) >= 11 is 0. The molecule has 1 aromatic rings. The molecule has 1 fully saturated rings. The third kappa shape index (κ3) is 5.99. The summed E-state index contributed by atoms with van der Waals surface area (Å²) in [4.78, 5) is 14.6. The SMILES string of the molecule is CCNCC1CCN(C(=O)c2ccc(OC(C)CC)cc2)CC1.Cl. The van der Waals surface area contributed by atoms with Crippen LogP contribution in [0.3, 0.4) is 0 Å². The second-order valence-electron chi connectivity index (χ2n) is 6.40. The lowest BCUT2D eigenvalue weighted by Crippen LogP contribution is -2.40. The van der Waals surface area contributed by atoms with Gasteiger partial charge in [-0.25, -0.2) is 0 Å². The Morgan fingerprint density at radius 3 is 2.42 bits per heavy atom. The number of likely N-dealkylation sites (tertiary alicyclic amines) is 1. The van der Waals surface area contributed by atoms with Crippen LogP contribution < -0.4 is 10.1 Å². The van der Waals surface area contributed by atoms with Crippen molar-refractivity contribution in [3.05, 3.63) is 29.8 Å². The van der Waals surface area contributed by atoms with Crippen LogP contribution in [0.15, 0.2) is 24.3 Å². The smallest absolute Gasteiger partial charge is 0.253 e. The van der Waals surface area contributed by atoms with E-state index in [9.17, 15) is 4.79 Å². The lowest BCUT2D eigenvalue weighted by molar-refractivity contribution is 0.0690. The van der Waals surface area contributed by atoms with E-state index in [4.69, 9.17) is 4.74 Å². The van der Waals surface area contributed by atoms with Crippen LogP contribution in [0.25, 0.3) is 0 Å². The Bertz CT molecular complexity index is 485. The number of halogens is 1. The highest BCUT2D eigenvalue weighted by Crippen LogP contribution is 2.20. The minimum Gasteiger partial charge on any atom is -0.491 e. The molecule has 4 nitrogen and oxygen atoms in total. The minimum absolute atomic E-state index is 0. The summed E-state index contributed by atoms with van der Waals surface area (Å²) in [6, 6.07) is 7.56. The number of ether oxygens (including phenoxy) is 1. The van der Waals surface area contributed by atoms with Crippen molar-refractivity contribution in [1.29, 1.82) is 0 Å². The molecule has 1 amide bonds. The molecule has 5 heteroatoms. The van der Waals surface area contributed by atoms with Crippen LogP contribution in [-0.2, 0) is 0 Å². The van der Waals surface area contributed by atoms with Gasteiger partial charge in [-0.05, 0) is 69.5 Å². The maximum Gasteiger partial charge on any atom is 0.253 e. The summed E-state index contributed by atoms with van der Waals surface area (Å²) in [6.45, 7) is 10.1. The fourth-order valence-electron chi connectivity index (χ4n) is 2.86. The molecule has 0 aromatic heterocycles. The molecule has 1 aliphatic heterocycles. The summed E-state index contributed by atoms with van der Waals surface area (Å²) in [7, 11) is 0. The number of carbonyl (C=O) groups excluding carboxylic acids is 1. The number of nitrogens with zero attached hydrogens (tertiary/aromatic N) is 1. The number of hydrogen-bond acceptors (Lipinski definition) is 3. The first-order chi connectivity index (χ1) is 11.1. The zero-order valence-electron chi connectivity index (χ0n) is 15.1. The normalized spacial score (nSPS) is 16.4. The van der Waals surface area contributed by atoms with Crippen molar-refractivity contribution in [3.63, 3.8) is 0 Å². The molecular weight excluding hydrogens is 324 g/mol. The van der Waals surface area contributed by atoms with Gasteiger partial charge in [-0.15, -0.1) is 12.4 Å². The fourth-order valence-corrected chi connectivity index (χ4v) is 2.86. The topological polar surface area (TPSA) is 41.6 Å². The molecule has 1 aromatic carbocycles. The van der Waals surface area contributed by atoms with Crippen LogP contribution in [-0.4, -0.2) is 43.1 Å². The third-order valence-corrected chi connectivity index (χ3v) is 4.60. The Hall–Kier alpha value is -1.26. The quantitative estimate of drug-likeness (QED) is 0.810. The van der Waals surface area contributed by atoms with Gasteiger partial charge in [-0.2, -0.15) is 0 Å². The average molecular weight is 355 g/mol. The molecule has 1 unspecified atom stereocenters. The molecule has 0 bridgehead atoms. The summed E-state index contributed by atoms with van der Waals surface area (Å²) in [5, 5.41) is 3.40. The zero-order chi connectivity index (χ0) is 16.7. The number of hydrogen-bond donors (Lipinski definition) is 1. The van der Waals surface area contributed by atoms with Gasteiger partial charge >= 0.3 is 0 Å². The van der Waals surface area contributed by atoms with Gasteiger partial charge in [0.05, 0.1) is 6.10 Å². The van der Waals surface area contributed by atoms with Crippen LogP contribution >= 0.6 is 12.4 Å². The Morgan fingerprint density at radius 1 is 1.25 bits per heavy atom. The van der Waals surface area contributed by atoms with Gasteiger partial charge in [0, 0.05) is 18.7 Å². The highest BCUT2D eigenvalue weighted by molar-refractivity contribution is 5.94. The number of amides is 1. The van der Waals surface area contributed by atoms with Crippen LogP contribution in [0.4, 0.5) is 0 Å². The first-order valence-electron chi connectivity index (χ1n) is 8.90. The molecular formula is C19H31ClN2O2. The summed E-state index contributed by atoms with van der Waals surface area (Å²) < 4.78 is 5.76. The van der Waals surface area contributed by atoms with Crippen LogP contribution in [0.5, 0.6) is 5.75 Å². The van der Waals surface area contributed by atoms with Gasteiger partial charge in [0.1, 0.15) is 5.75 Å². The van der Waals surface area contributed by atoms with E-state index in [1.807, 2.05) is 29.2 Å². The Balaban J connectivity index is 0.00000288. The van der Waals surface area contributed by atoms with Crippen molar-refractivity contribution in [2.24, 2.45) is 5.92 Å². The lowest BCUT2D eigenvalue weighted by atomic mass is 9.96. The van der Waals surface area contributed by atoms with Crippen LogP contribution in [0.1, 0.15) is 50.4 Å². The van der Waals surface area contributed by atoms with Crippen LogP contribution in [0.2, 0.25) is 0 Å². The lowest BCUT2D eigenvalue weighted by Gasteiger charge is -2.32. The van der Waals surface area contributed by atoms with E-state index in [1.54, 1.807) is 0 Å². The highest BCUT2D eigenvalue weighted by Gasteiger charge is 2.23. The van der Waals surface area contributed by atoms with Gasteiger partial charge < -0.3 is 15.0 Å². The standard InChI is InChI=1S/C19H30N2O2.ClH/c1-4-15(3)23-18-8-6-17(7-9-18)19(22)21-12-10-16(11-13-21)14-20-5-2;/h6-9,15-16,20H,4-5,10-14H2,1-3H3;1H. The summed E-state index contributed by atoms with van der Waals surface area (Å²) in [6.07, 6.45) is 3.36. The van der Waals surface area contributed by atoms with E-state index >= 15 is 0 Å². The van der Waals surface area contributed by atoms with E-state index in [-0.39, 0.29) is 24.4 Å².